The Hall–Kier alpha value is -1.91. The summed E-state index contributed by atoms with van der Waals surface area (Å²) in [6, 6.07) is 2.99. The van der Waals surface area contributed by atoms with Crippen molar-refractivity contribution in [2.75, 3.05) is 0 Å². The van der Waals surface area contributed by atoms with E-state index in [1.54, 1.807) is 6.07 Å². The number of aryl methyl sites for hydroxylation is 1. The molecule has 0 heterocycles. The van der Waals surface area contributed by atoms with Gasteiger partial charge >= 0.3 is 5.97 Å². The van der Waals surface area contributed by atoms with Crippen molar-refractivity contribution in [1.29, 1.82) is 0 Å². The van der Waals surface area contributed by atoms with E-state index in [9.17, 15) is 15.0 Å². The van der Waals surface area contributed by atoms with E-state index in [2.05, 4.69) is 9.78 Å². The van der Waals surface area contributed by atoms with Crippen molar-refractivity contribution in [3.05, 3.63) is 17.7 Å². The molecule has 82 valence electrons. The molecule has 0 aliphatic rings. The second kappa shape index (κ2) is 4.54. The quantitative estimate of drug-likeness (QED) is 0.451. The van der Waals surface area contributed by atoms with Gasteiger partial charge in [0.1, 0.15) is 0 Å². The molecule has 5 heteroatoms. The summed E-state index contributed by atoms with van der Waals surface area (Å²) in [6.07, 6.45) is 0.577. The van der Waals surface area contributed by atoms with E-state index in [0.717, 1.165) is 6.92 Å². The van der Waals surface area contributed by atoms with Crippen LogP contribution in [0.15, 0.2) is 12.1 Å². The largest absolute Gasteiger partial charge is 0.504 e. The summed E-state index contributed by atoms with van der Waals surface area (Å²) in [7, 11) is 0. The van der Waals surface area contributed by atoms with Crippen LogP contribution >= 0.6 is 0 Å². The molecule has 0 bridgehead atoms. The Balaban J connectivity index is 2.91. The van der Waals surface area contributed by atoms with Crippen LogP contribution in [0, 0.1) is 0 Å². The van der Waals surface area contributed by atoms with Gasteiger partial charge in [0, 0.05) is 6.92 Å². The second-order valence-electron chi connectivity index (χ2n) is 2.93. The average Bonchev–Trinajstić information content (AvgIpc) is 2.20. The molecule has 0 aliphatic heterocycles. The van der Waals surface area contributed by atoms with Crippen LogP contribution in [0.4, 0.5) is 0 Å². The molecule has 5 nitrogen and oxygen atoms in total. The molecule has 0 saturated heterocycles. The smallest absolute Gasteiger partial charge is 0.352 e. The number of phenolic OH excluding ortho intramolecular Hbond substituents is 2. The average molecular weight is 212 g/mol. The first-order valence-electron chi connectivity index (χ1n) is 4.45. The fourth-order valence-corrected chi connectivity index (χ4v) is 1.06. The Morgan fingerprint density at radius 1 is 1.33 bits per heavy atom. The minimum absolute atomic E-state index is 0.0973. The highest BCUT2D eigenvalue weighted by Crippen LogP contribution is 2.38. The lowest BCUT2D eigenvalue weighted by Crippen LogP contribution is -2.03. The molecule has 0 spiro atoms. The lowest BCUT2D eigenvalue weighted by molar-refractivity contribution is -0.211. The number of aromatic hydroxyl groups is 2. The summed E-state index contributed by atoms with van der Waals surface area (Å²) in [5.74, 6) is -1.44. The minimum Gasteiger partial charge on any atom is -0.504 e. The van der Waals surface area contributed by atoms with Gasteiger partial charge in [0.25, 0.3) is 0 Å². The third-order valence-corrected chi connectivity index (χ3v) is 1.83. The summed E-state index contributed by atoms with van der Waals surface area (Å²) in [4.78, 5) is 19.2. The zero-order valence-electron chi connectivity index (χ0n) is 8.48. The van der Waals surface area contributed by atoms with Gasteiger partial charge < -0.3 is 10.2 Å². The number of carbonyl (C=O) groups excluding carboxylic acids is 1. The zero-order chi connectivity index (χ0) is 11.4. The van der Waals surface area contributed by atoms with Gasteiger partial charge in [-0.2, -0.15) is 0 Å². The molecule has 0 aliphatic carbocycles. The highest BCUT2D eigenvalue weighted by Gasteiger charge is 2.13. The molecule has 0 saturated carbocycles. The van der Waals surface area contributed by atoms with E-state index in [-0.39, 0.29) is 11.5 Å². The van der Waals surface area contributed by atoms with E-state index in [1.165, 1.54) is 6.07 Å². The molecular formula is C10H12O5. The molecule has 15 heavy (non-hydrogen) atoms. The molecule has 1 aromatic rings. The zero-order valence-corrected chi connectivity index (χ0v) is 8.48. The molecule has 2 N–H and O–H groups in total. The first kappa shape index (κ1) is 11.2. The van der Waals surface area contributed by atoms with Crippen LogP contribution in [-0.2, 0) is 16.1 Å². The van der Waals surface area contributed by atoms with E-state index in [0.29, 0.717) is 12.0 Å². The van der Waals surface area contributed by atoms with Gasteiger partial charge in [0.15, 0.2) is 5.75 Å². The summed E-state index contributed by atoms with van der Waals surface area (Å²) < 4.78 is 0. The normalized spacial score (nSPS) is 9.73. The van der Waals surface area contributed by atoms with Gasteiger partial charge in [-0.15, -0.1) is 0 Å². The molecule has 0 fully saturated rings. The third kappa shape index (κ3) is 2.52. The van der Waals surface area contributed by atoms with Crippen LogP contribution in [0.3, 0.4) is 0 Å². The molecule has 0 unspecified atom stereocenters. The predicted octanol–water partition coefficient (Wildman–Crippen LogP) is 1.52. The first-order valence-corrected chi connectivity index (χ1v) is 4.45. The fraction of sp³-hybridized carbons (Fsp3) is 0.300. The molecule has 1 rings (SSSR count). The van der Waals surface area contributed by atoms with Crippen LogP contribution in [0.5, 0.6) is 17.2 Å². The molecular weight excluding hydrogens is 200 g/mol. The van der Waals surface area contributed by atoms with Gasteiger partial charge in [-0.05, 0) is 18.1 Å². The molecule has 0 aromatic heterocycles. The Kier molecular flexibility index (Phi) is 3.38. The number of rotatable bonds is 3. The maximum absolute atomic E-state index is 10.4. The Morgan fingerprint density at radius 2 is 2.00 bits per heavy atom. The van der Waals surface area contributed by atoms with Crippen LogP contribution in [0.2, 0.25) is 0 Å². The molecule has 0 amide bonds. The molecule has 0 radical (unpaired) electrons. The Labute approximate surface area is 86.8 Å². The van der Waals surface area contributed by atoms with Gasteiger partial charge in [-0.3, -0.25) is 9.78 Å². The number of hydrogen-bond acceptors (Lipinski definition) is 5. The van der Waals surface area contributed by atoms with Crippen molar-refractivity contribution in [1.82, 2.24) is 0 Å². The summed E-state index contributed by atoms with van der Waals surface area (Å²) >= 11 is 0. The van der Waals surface area contributed by atoms with Crippen LogP contribution in [0.1, 0.15) is 19.4 Å². The first-order chi connectivity index (χ1) is 7.06. The molecule has 0 atom stereocenters. The summed E-state index contributed by atoms with van der Waals surface area (Å²) in [6.45, 7) is 3.00. The lowest BCUT2D eigenvalue weighted by atomic mass is 10.1. The van der Waals surface area contributed by atoms with Gasteiger partial charge in [0.05, 0.1) is 0 Å². The topological polar surface area (TPSA) is 76.0 Å². The third-order valence-electron chi connectivity index (χ3n) is 1.83. The second-order valence-corrected chi connectivity index (χ2v) is 2.93. The number of benzene rings is 1. The van der Waals surface area contributed by atoms with E-state index in [4.69, 9.17) is 0 Å². The van der Waals surface area contributed by atoms with Crippen LogP contribution in [-0.4, -0.2) is 16.2 Å². The van der Waals surface area contributed by atoms with Gasteiger partial charge in [0.2, 0.25) is 11.5 Å². The van der Waals surface area contributed by atoms with Crippen molar-refractivity contribution in [2.24, 2.45) is 0 Å². The summed E-state index contributed by atoms with van der Waals surface area (Å²) in [5.41, 5.74) is 0.586. The standard InChI is InChI=1S/C10H12O5/c1-3-7-4-5-8(10(13)9(7)12)15-14-6(2)11/h4-5,12-13H,3H2,1-2H3. The van der Waals surface area contributed by atoms with Crippen molar-refractivity contribution in [3.8, 4) is 17.2 Å². The van der Waals surface area contributed by atoms with Gasteiger partial charge in [-0.1, -0.05) is 13.0 Å². The van der Waals surface area contributed by atoms with Crippen LogP contribution < -0.4 is 4.89 Å². The Bertz CT molecular complexity index is 372. The van der Waals surface area contributed by atoms with Crippen molar-refractivity contribution in [3.63, 3.8) is 0 Å². The number of carbonyl (C=O) groups is 1. The van der Waals surface area contributed by atoms with Crippen molar-refractivity contribution in [2.45, 2.75) is 20.3 Å². The number of phenols is 2. The summed E-state index contributed by atoms with van der Waals surface area (Å²) in [5, 5.41) is 18.9. The van der Waals surface area contributed by atoms with Crippen LogP contribution in [0.25, 0.3) is 0 Å². The monoisotopic (exact) mass is 212 g/mol. The van der Waals surface area contributed by atoms with E-state index >= 15 is 0 Å². The number of hydrogen-bond donors (Lipinski definition) is 2. The van der Waals surface area contributed by atoms with Gasteiger partial charge in [-0.25, -0.2) is 4.79 Å². The highest BCUT2D eigenvalue weighted by atomic mass is 17.2. The maximum Gasteiger partial charge on any atom is 0.352 e. The van der Waals surface area contributed by atoms with Crippen molar-refractivity contribution >= 4 is 5.97 Å². The lowest BCUT2D eigenvalue weighted by Gasteiger charge is -2.08. The van der Waals surface area contributed by atoms with E-state index < -0.39 is 11.7 Å². The molecule has 1 aromatic carbocycles. The maximum atomic E-state index is 10.4. The fourth-order valence-electron chi connectivity index (χ4n) is 1.06. The van der Waals surface area contributed by atoms with Crippen molar-refractivity contribution < 1.29 is 24.8 Å². The highest BCUT2D eigenvalue weighted by molar-refractivity contribution is 5.65. The Morgan fingerprint density at radius 3 is 2.53 bits per heavy atom. The SMILES string of the molecule is CCc1ccc(OOC(C)=O)c(O)c1O. The minimum atomic E-state index is -0.645. The predicted molar refractivity (Wildman–Crippen MR) is 51.5 cm³/mol. The van der Waals surface area contributed by atoms with E-state index in [1.807, 2.05) is 6.92 Å².